The Labute approximate surface area is 89.1 Å². The third kappa shape index (κ3) is 1.51. The molecule has 0 unspecified atom stereocenters. The van der Waals surface area contributed by atoms with E-state index in [0.29, 0.717) is 0 Å². The third-order valence-corrected chi connectivity index (χ3v) is 3.02. The minimum Gasteiger partial charge on any atom is -0.319 e. The highest BCUT2D eigenvalue weighted by molar-refractivity contribution is 5.38. The van der Waals surface area contributed by atoms with Crippen LogP contribution in [0.4, 0.5) is 0 Å². The summed E-state index contributed by atoms with van der Waals surface area (Å²) in [6.45, 7) is 4.15. The van der Waals surface area contributed by atoms with Crippen LogP contribution in [-0.4, -0.2) is 14.6 Å². The summed E-state index contributed by atoms with van der Waals surface area (Å²) in [6, 6.07) is 5.84. The van der Waals surface area contributed by atoms with Crippen molar-refractivity contribution in [1.29, 1.82) is 0 Å². The van der Waals surface area contributed by atoms with Gasteiger partial charge in [-0.05, 0) is 25.0 Å². The summed E-state index contributed by atoms with van der Waals surface area (Å²) >= 11 is 0. The SMILES string of the molecule is CCC(N)(CC)c1nnc2ccccn12. The molecule has 15 heavy (non-hydrogen) atoms. The maximum Gasteiger partial charge on any atom is 0.160 e. The molecule has 2 heterocycles. The van der Waals surface area contributed by atoms with Gasteiger partial charge >= 0.3 is 0 Å². The van der Waals surface area contributed by atoms with Crippen molar-refractivity contribution < 1.29 is 0 Å². The molecule has 0 saturated heterocycles. The molecule has 0 aromatic carbocycles. The Kier molecular flexibility index (Phi) is 2.44. The first-order valence-corrected chi connectivity index (χ1v) is 5.30. The Bertz CT molecular complexity index is 456. The average Bonchev–Trinajstić information content (AvgIpc) is 2.72. The van der Waals surface area contributed by atoms with E-state index in [1.54, 1.807) is 0 Å². The van der Waals surface area contributed by atoms with Gasteiger partial charge in [0.1, 0.15) is 0 Å². The molecular formula is C11H16N4. The van der Waals surface area contributed by atoms with E-state index in [1.807, 2.05) is 28.8 Å². The molecule has 2 aromatic rings. The van der Waals surface area contributed by atoms with Gasteiger partial charge in [-0.15, -0.1) is 10.2 Å². The van der Waals surface area contributed by atoms with Crippen molar-refractivity contribution in [2.24, 2.45) is 5.73 Å². The Morgan fingerprint density at radius 1 is 1.27 bits per heavy atom. The zero-order valence-electron chi connectivity index (χ0n) is 9.14. The molecular weight excluding hydrogens is 188 g/mol. The molecule has 0 fully saturated rings. The molecule has 0 aliphatic rings. The van der Waals surface area contributed by atoms with Crippen molar-refractivity contribution in [3.63, 3.8) is 0 Å². The van der Waals surface area contributed by atoms with Crippen molar-refractivity contribution in [2.75, 3.05) is 0 Å². The summed E-state index contributed by atoms with van der Waals surface area (Å²) in [4.78, 5) is 0. The van der Waals surface area contributed by atoms with E-state index in [-0.39, 0.29) is 5.54 Å². The maximum atomic E-state index is 6.31. The number of nitrogens with zero attached hydrogens (tertiary/aromatic N) is 3. The van der Waals surface area contributed by atoms with Crippen LogP contribution in [0.1, 0.15) is 32.5 Å². The Morgan fingerprint density at radius 3 is 2.67 bits per heavy atom. The normalized spacial score (nSPS) is 12.2. The van der Waals surface area contributed by atoms with E-state index >= 15 is 0 Å². The first kappa shape index (κ1) is 10.1. The Balaban J connectivity index is 2.61. The number of nitrogens with two attached hydrogens (primary N) is 1. The first-order chi connectivity index (χ1) is 7.21. The topological polar surface area (TPSA) is 56.2 Å². The van der Waals surface area contributed by atoms with Crippen molar-refractivity contribution >= 4 is 5.65 Å². The predicted octanol–water partition coefficient (Wildman–Crippen LogP) is 1.70. The van der Waals surface area contributed by atoms with Gasteiger partial charge in [-0.2, -0.15) is 0 Å². The van der Waals surface area contributed by atoms with Crippen molar-refractivity contribution in [3.05, 3.63) is 30.2 Å². The molecule has 0 radical (unpaired) electrons. The number of aromatic nitrogens is 3. The minimum absolute atomic E-state index is 0.374. The second-order valence-corrected chi connectivity index (χ2v) is 3.82. The highest BCUT2D eigenvalue weighted by Crippen LogP contribution is 2.24. The number of fused-ring (bicyclic) bond motifs is 1. The van der Waals surface area contributed by atoms with E-state index in [1.165, 1.54) is 0 Å². The van der Waals surface area contributed by atoms with Gasteiger partial charge in [-0.25, -0.2) is 0 Å². The van der Waals surface area contributed by atoms with E-state index < -0.39 is 0 Å². The minimum atomic E-state index is -0.374. The molecule has 0 bridgehead atoms. The molecule has 2 N–H and O–H groups in total. The summed E-state index contributed by atoms with van der Waals surface area (Å²) in [6.07, 6.45) is 3.68. The largest absolute Gasteiger partial charge is 0.319 e. The maximum absolute atomic E-state index is 6.31. The highest BCUT2D eigenvalue weighted by atomic mass is 15.3. The van der Waals surface area contributed by atoms with Crippen LogP contribution in [0.3, 0.4) is 0 Å². The Morgan fingerprint density at radius 2 is 2.00 bits per heavy atom. The van der Waals surface area contributed by atoms with Gasteiger partial charge in [0, 0.05) is 6.20 Å². The second kappa shape index (κ2) is 3.62. The quantitative estimate of drug-likeness (QED) is 0.828. The lowest BCUT2D eigenvalue weighted by molar-refractivity contribution is 0.384. The fourth-order valence-corrected chi connectivity index (χ4v) is 1.75. The molecule has 0 atom stereocenters. The fourth-order valence-electron chi connectivity index (χ4n) is 1.75. The predicted molar refractivity (Wildman–Crippen MR) is 59.4 cm³/mol. The fraction of sp³-hybridized carbons (Fsp3) is 0.455. The average molecular weight is 204 g/mol. The van der Waals surface area contributed by atoms with E-state index in [4.69, 9.17) is 5.73 Å². The number of pyridine rings is 1. The molecule has 0 aliphatic heterocycles. The summed E-state index contributed by atoms with van der Waals surface area (Å²) < 4.78 is 1.97. The lowest BCUT2D eigenvalue weighted by atomic mass is 9.93. The molecule has 2 rings (SSSR count). The van der Waals surface area contributed by atoms with Gasteiger partial charge in [0.15, 0.2) is 11.5 Å². The zero-order chi connectivity index (χ0) is 10.9. The van der Waals surface area contributed by atoms with Crippen LogP contribution in [0.5, 0.6) is 0 Å². The second-order valence-electron chi connectivity index (χ2n) is 3.82. The molecule has 0 saturated carbocycles. The summed E-state index contributed by atoms with van der Waals surface area (Å²) in [5.41, 5.74) is 6.78. The number of rotatable bonds is 3. The van der Waals surface area contributed by atoms with E-state index in [2.05, 4.69) is 24.0 Å². The van der Waals surface area contributed by atoms with Crippen LogP contribution in [0.2, 0.25) is 0 Å². The van der Waals surface area contributed by atoms with E-state index in [0.717, 1.165) is 24.3 Å². The van der Waals surface area contributed by atoms with Gasteiger partial charge in [0.25, 0.3) is 0 Å². The summed E-state index contributed by atoms with van der Waals surface area (Å²) in [7, 11) is 0. The van der Waals surface area contributed by atoms with Crippen LogP contribution >= 0.6 is 0 Å². The van der Waals surface area contributed by atoms with Crippen LogP contribution in [-0.2, 0) is 5.54 Å². The molecule has 4 heteroatoms. The monoisotopic (exact) mass is 204 g/mol. The summed E-state index contributed by atoms with van der Waals surface area (Å²) in [5.74, 6) is 0.850. The highest BCUT2D eigenvalue weighted by Gasteiger charge is 2.28. The zero-order valence-corrected chi connectivity index (χ0v) is 9.14. The van der Waals surface area contributed by atoms with Gasteiger partial charge in [0.2, 0.25) is 0 Å². The third-order valence-electron chi connectivity index (χ3n) is 3.02. The van der Waals surface area contributed by atoms with Crippen molar-refractivity contribution in [1.82, 2.24) is 14.6 Å². The van der Waals surface area contributed by atoms with Crippen LogP contribution in [0, 0.1) is 0 Å². The van der Waals surface area contributed by atoms with Crippen LogP contribution in [0.25, 0.3) is 5.65 Å². The van der Waals surface area contributed by atoms with Gasteiger partial charge in [0.05, 0.1) is 5.54 Å². The number of hydrogen-bond acceptors (Lipinski definition) is 3. The van der Waals surface area contributed by atoms with Gasteiger partial charge in [-0.1, -0.05) is 19.9 Å². The molecule has 80 valence electrons. The van der Waals surface area contributed by atoms with Crippen LogP contribution < -0.4 is 5.73 Å². The lowest BCUT2D eigenvalue weighted by Crippen LogP contribution is -2.37. The first-order valence-electron chi connectivity index (χ1n) is 5.30. The van der Waals surface area contributed by atoms with Crippen molar-refractivity contribution in [2.45, 2.75) is 32.2 Å². The molecule has 0 amide bonds. The standard InChI is InChI=1S/C11H16N4/c1-3-11(12,4-2)10-14-13-9-7-5-6-8-15(9)10/h5-8H,3-4,12H2,1-2H3. The van der Waals surface area contributed by atoms with Gasteiger partial charge in [-0.3, -0.25) is 4.40 Å². The van der Waals surface area contributed by atoms with Gasteiger partial charge < -0.3 is 5.73 Å². The van der Waals surface area contributed by atoms with Crippen LogP contribution in [0.15, 0.2) is 24.4 Å². The Hall–Kier alpha value is -1.42. The molecule has 0 aliphatic carbocycles. The van der Waals surface area contributed by atoms with E-state index in [9.17, 15) is 0 Å². The number of hydrogen-bond donors (Lipinski definition) is 1. The molecule has 0 spiro atoms. The smallest absolute Gasteiger partial charge is 0.160 e. The molecule has 2 aromatic heterocycles. The lowest BCUT2D eigenvalue weighted by Gasteiger charge is -2.24. The summed E-state index contributed by atoms with van der Waals surface area (Å²) in [5, 5.41) is 8.31. The molecule has 4 nitrogen and oxygen atoms in total. The van der Waals surface area contributed by atoms with Crippen molar-refractivity contribution in [3.8, 4) is 0 Å².